The van der Waals surface area contributed by atoms with Gasteiger partial charge in [0.2, 0.25) is 0 Å². The van der Waals surface area contributed by atoms with Crippen LogP contribution in [-0.4, -0.2) is 20.8 Å². The second-order valence-electron chi connectivity index (χ2n) is 3.16. The van der Waals surface area contributed by atoms with Crippen molar-refractivity contribution in [3.05, 3.63) is 23.8 Å². The molecule has 1 rings (SSSR count). The van der Waals surface area contributed by atoms with Gasteiger partial charge in [0, 0.05) is 19.8 Å². The van der Waals surface area contributed by atoms with E-state index in [1.807, 2.05) is 33.2 Å². The maximum Gasteiger partial charge on any atom is 0.137 e. The fourth-order valence-electron chi connectivity index (χ4n) is 1.16. The number of nitrogens with two attached hydrogens (primary N) is 1. The lowest BCUT2D eigenvalue weighted by molar-refractivity contribution is 0.327. The Kier molecular flexibility index (Phi) is 3.14. The molecular weight excluding hydrogens is 164 g/mol. The van der Waals surface area contributed by atoms with E-state index in [9.17, 15) is 0 Å². The van der Waals surface area contributed by atoms with E-state index in [0.29, 0.717) is 0 Å². The SMILES string of the molecule is Cc1cc(N(C)C)ccc1OCN. The van der Waals surface area contributed by atoms with Crippen molar-refractivity contribution in [1.29, 1.82) is 0 Å². The Balaban J connectivity index is 2.92. The normalized spacial score (nSPS) is 9.85. The number of ether oxygens (including phenoxy) is 1. The highest BCUT2D eigenvalue weighted by molar-refractivity contribution is 5.51. The van der Waals surface area contributed by atoms with Gasteiger partial charge in [0.05, 0.1) is 0 Å². The molecule has 0 aliphatic carbocycles. The summed E-state index contributed by atoms with van der Waals surface area (Å²) in [7, 11) is 4.02. The molecule has 13 heavy (non-hydrogen) atoms. The van der Waals surface area contributed by atoms with Crippen molar-refractivity contribution in [1.82, 2.24) is 0 Å². The quantitative estimate of drug-likeness (QED) is 0.714. The highest BCUT2D eigenvalue weighted by atomic mass is 16.5. The molecule has 0 aliphatic rings. The van der Waals surface area contributed by atoms with Crippen LogP contribution in [0.25, 0.3) is 0 Å². The monoisotopic (exact) mass is 180 g/mol. The van der Waals surface area contributed by atoms with Gasteiger partial charge < -0.3 is 9.64 Å². The number of rotatable bonds is 3. The van der Waals surface area contributed by atoms with Crippen molar-refractivity contribution in [2.45, 2.75) is 6.92 Å². The minimum Gasteiger partial charge on any atom is -0.478 e. The Morgan fingerprint density at radius 2 is 2.08 bits per heavy atom. The van der Waals surface area contributed by atoms with E-state index in [1.165, 1.54) is 5.69 Å². The van der Waals surface area contributed by atoms with Gasteiger partial charge in [-0.2, -0.15) is 0 Å². The van der Waals surface area contributed by atoms with Gasteiger partial charge in [0.25, 0.3) is 0 Å². The first-order valence-corrected chi connectivity index (χ1v) is 4.26. The number of nitrogens with zero attached hydrogens (tertiary/aromatic N) is 1. The zero-order valence-corrected chi connectivity index (χ0v) is 8.37. The Morgan fingerprint density at radius 3 is 2.54 bits per heavy atom. The number of hydrogen-bond donors (Lipinski definition) is 1. The third-order valence-electron chi connectivity index (χ3n) is 1.91. The minimum absolute atomic E-state index is 0.224. The van der Waals surface area contributed by atoms with Crippen LogP contribution < -0.4 is 15.4 Å². The Morgan fingerprint density at radius 1 is 1.38 bits per heavy atom. The molecular formula is C10H16N2O. The topological polar surface area (TPSA) is 38.5 Å². The van der Waals surface area contributed by atoms with E-state index >= 15 is 0 Å². The average molecular weight is 180 g/mol. The van der Waals surface area contributed by atoms with Crippen molar-refractivity contribution in [3.63, 3.8) is 0 Å². The molecule has 72 valence electrons. The molecule has 0 radical (unpaired) electrons. The Bertz CT molecular complexity index is 284. The van der Waals surface area contributed by atoms with Gasteiger partial charge in [-0.05, 0) is 30.7 Å². The van der Waals surface area contributed by atoms with Crippen molar-refractivity contribution in [2.75, 3.05) is 25.7 Å². The van der Waals surface area contributed by atoms with Gasteiger partial charge in [0.1, 0.15) is 12.5 Å². The van der Waals surface area contributed by atoms with Crippen LogP contribution in [0.5, 0.6) is 5.75 Å². The van der Waals surface area contributed by atoms with Crippen molar-refractivity contribution >= 4 is 5.69 Å². The van der Waals surface area contributed by atoms with Gasteiger partial charge in [-0.25, -0.2) is 0 Å². The van der Waals surface area contributed by atoms with Crippen molar-refractivity contribution in [3.8, 4) is 5.75 Å². The largest absolute Gasteiger partial charge is 0.478 e. The molecule has 1 aromatic rings. The fraction of sp³-hybridized carbons (Fsp3) is 0.400. The first-order chi connectivity index (χ1) is 6.15. The van der Waals surface area contributed by atoms with E-state index < -0.39 is 0 Å². The molecule has 0 aromatic heterocycles. The molecule has 1 aromatic carbocycles. The summed E-state index contributed by atoms with van der Waals surface area (Å²) in [5, 5.41) is 0. The van der Waals surface area contributed by atoms with Crippen molar-refractivity contribution < 1.29 is 4.74 Å². The maximum absolute atomic E-state index is 5.29. The van der Waals surface area contributed by atoms with Gasteiger partial charge in [-0.1, -0.05) is 0 Å². The molecule has 0 unspecified atom stereocenters. The van der Waals surface area contributed by atoms with Gasteiger partial charge in [-0.15, -0.1) is 0 Å². The summed E-state index contributed by atoms with van der Waals surface area (Å²) >= 11 is 0. The first-order valence-electron chi connectivity index (χ1n) is 4.26. The Labute approximate surface area is 79.1 Å². The van der Waals surface area contributed by atoms with E-state index in [0.717, 1.165) is 11.3 Å². The molecule has 0 heterocycles. The van der Waals surface area contributed by atoms with Crippen LogP contribution in [0.2, 0.25) is 0 Å². The Hall–Kier alpha value is -1.22. The minimum atomic E-state index is 0.224. The molecule has 3 heteroatoms. The van der Waals surface area contributed by atoms with Crippen LogP contribution in [0.4, 0.5) is 5.69 Å². The van der Waals surface area contributed by atoms with Crippen molar-refractivity contribution in [2.24, 2.45) is 5.73 Å². The first kappa shape index (κ1) is 9.86. The third kappa shape index (κ3) is 2.36. The van der Waals surface area contributed by atoms with Gasteiger partial charge in [0.15, 0.2) is 0 Å². The zero-order valence-electron chi connectivity index (χ0n) is 8.37. The molecule has 3 nitrogen and oxygen atoms in total. The third-order valence-corrected chi connectivity index (χ3v) is 1.91. The lowest BCUT2D eigenvalue weighted by atomic mass is 10.2. The summed E-state index contributed by atoms with van der Waals surface area (Å²) in [6.45, 7) is 2.24. The lowest BCUT2D eigenvalue weighted by Gasteiger charge is -2.14. The number of aryl methyl sites for hydroxylation is 1. The van der Waals surface area contributed by atoms with Gasteiger partial charge >= 0.3 is 0 Å². The second-order valence-corrected chi connectivity index (χ2v) is 3.16. The van der Waals surface area contributed by atoms with E-state index in [1.54, 1.807) is 0 Å². The number of benzene rings is 1. The molecule has 0 saturated carbocycles. The molecule has 0 atom stereocenters. The van der Waals surface area contributed by atoms with E-state index in [4.69, 9.17) is 10.5 Å². The van der Waals surface area contributed by atoms with Crippen LogP contribution in [0.15, 0.2) is 18.2 Å². The van der Waals surface area contributed by atoms with Crippen LogP contribution in [0.1, 0.15) is 5.56 Å². The summed E-state index contributed by atoms with van der Waals surface area (Å²) in [6.07, 6.45) is 0. The molecule has 0 bridgehead atoms. The standard InChI is InChI=1S/C10H16N2O/c1-8-6-9(12(2)3)4-5-10(8)13-7-11/h4-6H,7,11H2,1-3H3. The summed E-state index contributed by atoms with van der Waals surface area (Å²) < 4.78 is 5.23. The molecule has 0 aliphatic heterocycles. The fourth-order valence-corrected chi connectivity index (χ4v) is 1.16. The summed E-state index contributed by atoms with van der Waals surface area (Å²) in [6, 6.07) is 6.03. The summed E-state index contributed by atoms with van der Waals surface area (Å²) in [5.74, 6) is 0.855. The molecule has 0 amide bonds. The summed E-state index contributed by atoms with van der Waals surface area (Å²) in [5.41, 5.74) is 7.57. The smallest absolute Gasteiger partial charge is 0.137 e. The molecule has 0 fully saturated rings. The van der Waals surface area contributed by atoms with Crippen LogP contribution in [-0.2, 0) is 0 Å². The van der Waals surface area contributed by atoms with E-state index in [-0.39, 0.29) is 6.73 Å². The molecule has 0 saturated heterocycles. The van der Waals surface area contributed by atoms with Gasteiger partial charge in [-0.3, -0.25) is 5.73 Å². The summed E-state index contributed by atoms with van der Waals surface area (Å²) in [4.78, 5) is 2.05. The number of anilines is 1. The zero-order chi connectivity index (χ0) is 9.84. The lowest BCUT2D eigenvalue weighted by Crippen LogP contribution is -2.10. The molecule has 2 N–H and O–H groups in total. The number of hydrogen-bond acceptors (Lipinski definition) is 3. The van der Waals surface area contributed by atoms with E-state index in [2.05, 4.69) is 11.0 Å². The average Bonchev–Trinajstić information content (AvgIpc) is 2.08. The van der Waals surface area contributed by atoms with Crippen LogP contribution >= 0.6 is 0 Å². The maximum atomic E-state index is 5.29. The predicted octanol–water partition coefficient (Wildman–Crippen LogP) is 1.36. The highest BCUT2D eigenvalue weighted by Crippen LogP contribution is 2.22. The highest BCUT2D eigenvalue weighted by Gasteiger charge is 2.01. The predicted molar refractivity (Wildman–Crippen MR) is 55.2 cm³/mol. The molecule has 0 spiro atoms. The van der Waals surface area contributed by atoms with Crippen LogP contribution in [0.3, 0.4) is 0 Å². The second kappa shape index (κ2) is 4.14. The van der Waals surface area contributed by atoms with Crippen LogP contribution in [0, 0.1) is 6.92 Å².